The predicted octanol–water partition coefficient (Wildman–Crippen LogP) is 6.56. The molecule has 0 saturated carbocycles. The minimum absolute atomic E-state index is 0.0252. The Bertz CT molecular complexity index is 3140. The van der Waals surface area contributed by atoms with Crippen molar-refractivity contribution < 1.29 is 56.7 Å². The van der Waals surface area contributed by atoms with Gasteiger partial charge in [-0.15, -0.1) is 0 Å². The Morgan fingerprint density at radius 1 is 0.655 bits per heavy atom. The molecule has 0 unspecified atom stereocenters. The third-order valence-corrected chi connectivity index (χ3v) is 10.8. The van der Waals surface area contributed by atoms with Gasteiger partial charge in [-0.25, -0.2) is 73.7 Å². The van der Waals surface area contributed by atoms with E-state index in [2.05, 4.69) is 29.6 Å². The highest BCUT2D eigenvalue weighted by Gasteiger charge is 2.52. The second kappa shape index (κ2) is 13.1. The van der Waals surface area contributed by atoms with Gasteiger partial charge < -0.3 is 0 Å². The standard InChI is InChI=1S/C36H9F11N8O2S/c1-10-25(37)27(39)23(28(40)26(10)38)17-8-52-33-13(54-17)4-11-19(15(6-48)50-2)12-5-14-34(21(12)22(20(11)33)16(7-49)51-3)53-9-18(55-14)24-29(41)31(43)35(32(44)30(24)42)58(56,57)36(45,46)47/h8-9H,4-5H2,1H3/b19-15+,22-16+. The average Bonchev–Trinajstić information content (AvgIpc) is 3.75. The van der Waals surface area contributed by atoms with Crippen LogP contribution in [-0.4, -0.2) is 33.9 Å². The topological polar surface area (TPSA) is 142 Å². The summed E-state index contributed by atoms with van der Waals surface area (Å²) in [5.74, 6) is -18.1. The summed E-state index contributed by atoms with van der Waals surface area (Å²) in [6, 6.07) is 3.34. The predicted molar refractivity (Wildman–Crippen MR) is 173 cm³/mol. The lowest BCUT2D eigenvalue weighted by atomic mass is 9.92. The number of fused-ring (bicyclic) bond motifs is 6. The van der Waals surface area contributed by atoms with E-state index < -0.39 is 119 Å². The van der Waals surface area contributed by atoms with Crippen LogP contribution in [0.4, 0.5) is 48.3 Å². The molecule has 2 aliphatic carbocycles. The van der Waals surface area contributed by atoms with Crippen molar-refractivity contribution in [1.29, 1.82) is 10.5 Å². The molecule has 10 nitrogen and oxygen atoms in total. The van der Waals surface area contributed by atoms with E-state index in [1.54, 1.807) is 12.1 Å². The number of hydrogen-bond donors (Lipinski definition) is 0. The molecule has 7 rings (SSSR count). The van der Waals surface area contributed by atoms with Crippen LogP contribution >= 0.6 is 0 Å². The lowest BCUT2D eigenvalue weighted by Crippen LogP contribution is -2.26. The second-order valence-corrected chi connectivity index (χ2v) is 14.1. The van der Waals surface area contributed by atoms with Crippen molar-refractivity contribution in [3.63, 3.8) is 0 Å². The van der Waals surface area contributed by atoms with E-state index >= 15 is 17.6 Å². The summed E-state index contributed by atoms with van der Waals surface area (Å²) in [7, 11) is -6.96. The molecule has 288 valence electrons. The molecule has 22 heteroatoms. The van der Waals surface area contributed by atoms with Gasteiger partial charge in [0.25, 0.3) is 21.2 Å². The average molecular weight is 827 g/mol. The molecule has 0 amide bonds. The molecule has 0 atom stereocenters. The van der Waals surface area contributed by atoms with Crippen molar-refractivity contribution >= 4 is 21.2 Å². The number of halogens is 11. The molecule has 0 bridgehead atoms. The lowest BCUT2D eigenvalue weighted by molar-refractivity contribution is -0.0440. The number of hydrogen-bond acceptors (Lipinski definition) is 8. The molecule has 0 fully saturated rings. The molecule has 3 aromatic carbocycles. The first-order valence-electron chi connectivity index (χ1n) is 15.5. The Morgan fingerprint density at radius 3 is 1.40 bits per heavy atom. The Kier molecular flexibility index (Phi) is 8.83. The summed E-state index contributed by atoms with van der Waals surface area (Å²) < 4.78 is 182. The number of benzene rings is 3. The van der Waals surface area contributed by atoms with Crippen molar-refractivity contribution in [1.82, 2.24) is 19.9 Å². The van der Waals surface area contributed by atoms with Crippen molar-refractivity contribution in [2.75, 3.05) is 0 Å². The fraction of sp³-hybridized carbons (Fsp3) is 0.111. The maximum Gasteiger partial charge on any atom is 0.502 e. The van der Waals surface area contributed by atoms with Crippen molar-refractivity contribution in [2.24, 2.45) is 0 Å². The highest BCUT2D eigenvalue weighted by Crippen LogP contribution is 2.42. The van der Waals surface area contributed by atoms with E-state index in [0.29, 0.717) is 6.20 Å². The van der Waals surface area contributed by atoms with Gasteiger partial charge in [0.2, 0.25) is 0 Å². The molecule has 0 saturated heterocycles. The zero-order valence-corrected chi connectivity index (χ0v) is 28.8. The lowest BCUT2D eigenvalue weighted by Gasteiger charge is -2.14. The summed E-state index contributed by atoms with van der Waals surface area (Å²) in [4.78, 5) is 19.9. The van der Waals surface area contributed by atoms with Crippen LogP contribution in [0.3, 0.4) is 0 Å². The van der Waals surface area contributed by atoms with Gasteiger partial charge in [0.15, 0.2) is 51.4 Å². The van der Waals surface area contributed by atoms with Gasteiger partial charge in [0, 0.05) is 40.0 Å². The first kappa shape index (κ1) is 39.0. The number of alkyl halides is 3. The minimum Gasteiger partial charge on any atom is -0.252 e. The van der Waals surface area contributed by atoms with E-state index in [1.807, 2.05) is 0 Å². The Morgan fingerprint density at radius 2 is 1.03 bits per heavy atom. The van der Waals surface area contributed by atoms with Crippen LogP contribution < -0.4 is 10.4 Å². The molecular weight excluding hydrogens is 817 g/mol. The monoisotopic (exact) mass is 826 g/mol. The van der Waals surface area contributed by atoms with E-state index in [4.69, 9.17) is 13.1 Å². The maximum atomic E-state index is 15.3. The van der Waals surface area contributed by atoms with E-state index in [1.165, 1.54) is 0 Å². The van der Waals surface area contributed by atoms with Crippen LogP contribution in [0.25, 0.3) is 66.1 Å². The SMILES string of the molecule is [C-]#[N+]/C(C#N)=c1\c2c(/c(=C(/C#N)[N+]#[C-])c3c1Cc1nc(-c4c(F)c(F)c(S(=O)(=O)C(F)(F)F)c(F)c4F)cnc1-3)-c1ncc(-c3c(F)c(F)c(C)c(F)c3F)nc1C2. The molecule has 2 heterocycles. The van der Waals surface area contributed by atoms with E-state index in [0.717, 1.165) is 13.1 Å². The number of nitrogens with zero attached hydrogens (tertiary/aromatic N) is 8. The van der Waals surface area contributed by atoms with Gasteiger partial charge in [-0.1, -0.05) is 0 Å². The zero-order valence-electron chi connectivity index (χ0n) is 28.0. The number of sulfone groups is 1. The van der Waals surface area contributed by atoms with Crippen LogP contribution in [0.15, 0.2) is 17.3 Å². The van der Waals surface area contributed by atoms with Gasteiger partial charge in [-0.2, -0.15) is 13.2 Å². The third-order valence-electron chi connectivity index (χ3n) is 9.26. The Labute approximate surface area is 315 Å². The van der Waals surface area contributed by atoms with Gasteiger partial charge in [0.1, 0.15) is 0 Å². The van der Waals surface area contributed by atoms with E-state index in [9.17, 15) is 49.7 Å². The van der Waals surface area contributed by atoms with Crippen LogP contribution in [-0.2, 0) is 22.7 Å². The smallest absolute Gasteiger partial charge is 0.252 e. The first-order chi connectivity index (χ1) is 27.3. The third kappa shape index (κ3) is 5.22. The second-order valence-electron chi connectivity index (χ2n) is 12.2. The number of aromatic nitrogens is 4. The fourth-order valence-corrected chi connectivity index (χ4v) is 7.66. The zero-order chi connectivity index (χ0) is 42.5. The van der Waals surface area contributed by atoms with Crippen LogP contribution in [0.5, 0.6) is 0 Å². The van der Waals surface area contributed by atoms with Crippen LogP contribution in [0, 0.1) is 89.3 Å². The molecule has 0 aliphatic heterocycles. The Hall–Kier alpha value is -7.30. The Balaban J connectivity index is 1.52. The summed E-state index contributed by atoms with van der Waals surface area (Å²) in [6.07, 6.45) is 0.164. The quantitative estimate of drug-likeness (QED) is 0.111. The molecule has 2 aliphatic rings. The number of nitriles is 2. The summed E-state index contributed by atoms with van der Waals surface area (Å²) in [5, 5.41) is 19.6. The van der Waals surface area contributed by atoms with Gasteiger partial charge in [-0.3, -0.25) is 9.97 Å². The normalized spacial score (nSPS) is 13.7. The van der Waals surface area contributed by atoms with Crippen molar-refractivity contribution in [3.05, 3.63) is 120 Å². The maximum absolute atomic E-state index is 15.3. The number of rotatable bonds is 3. The highest BCUT2D eigenvalue weighted by molar-refractivity contribution is 7.92. The van der Waals surface area contributed by atoms with Crippen molar-refractivity contribution in [2.45, 2.75) is 30.2 Å². The highest BCUT2D eigenvalue weighted by atomic mass is 32.2. The largest absolute Gasteiger partial charge is 0.502 e. The van der Waals surface area contributed by atoms with Gasteiger partial charge in [-0.05, 0) is 18.1 Å². The van der Waals surface area contributed by atoms with Crippen molar-refractivity contribution in [3.8, 4) is 57.2 Å². The first-order valence-corrected chi connectivity index (χ1v) is 17.0. The molecule has 5 aromatic rings. The fourth-order valence-electron chi connectivity index (χ4n) is 6.78. The van der Waals surface area contributed by atoms with Gasteiger partial charge in [0.05, 0.1) is 83.0 Å². The summed E-state index contributed by atoms with van der Waals surface area (Å²) in [6.45, 7) is 16.3. The van der Waals surface area contributed by atoms with Crippen LogP contribution in [0.2, 0.25) is 0 Å². The molecular formula is C36H9F11N8O2S. The van der Waals surface area contributed by atoms with Gasteiger partial charge >= 0.3 is 5.51 Å². The van der Waals surface area contributed by atoms with Crippen LogP contribution in [0.1, 0.15) is 28.1 Å². The minimum atomic E-state index is -6.96. The molecule has 0 spiro atoms. The summed E-state index contributed by atoms with van der Waals surface area (Å²) in [5.41, 5.74) is -14.9. The molecule has 2 aromatic heterocycles. The van der Waals surface area contributed by atoms with E-state index in [-0.39, 0.29) is 55.5 Å². The molecule has 0 radical (unpaired) electrons. The molecule has 0 N–H and O–H groups in total. The summed E-state index contributed by atoms with van der Waals surface area (Å²) >= 11 is 0. The molecule has 58 heavy (non-hydrogen) atoms.